The van der Waals surface area contributed by atoms with Gasteiger partial charge in [-0.25, -0.2) is 0 Å². The Balaban J connectivity index is 2.03. The van der Waals surface area contributed by atoms with Crippen molar-refractivity contribution < 1.29 is 14.3 Å². The lowest BCUT2D eigenvalue weighted by atomic mass is 10.0. The van der Waals surface area contributed by atoms with Crippen molar-refractivity contribution in [2.24, 2.45) is 0 Å². The number of halogens is 2. The van der Waals surface area contributed by atoms with Gasteiger partial charge in [0.15, 0.2) is 17.3 Å². The number of aryl methyl sites for hydroxylation is 1. The van der Waals surface area contributed by atoms with Gasteiger partial charge in [0, 0.05) is 22.2 Å². The molecule has 0 atom stereocenters. The number of benzene rings is 2. The van der Waals surface area contributed by atoms with Crippen molar-refractivity contribution in [3.8, 4) is 11.5 Å². The largest absolute Gasteiger partial charge is 0.486 e. The zero-order valence-corrected chi connectivity index (χ0v) is 12.8. The lowest BCUT2D eigenvalue weighted by molar-refractivity contribution is 0.103. The van der Waals surface area contributed by atoms with Crippen molar-refractivity contribution >= 4 is 29.0 Å². The molecule has 3 nitrogen and oxygen atoms in total. The maximum absolute atomic E-state index is 12.6. The molecule has 0 saturated carbocycles. The summed E-state index contributed by atoms with van der Waals surface area (Å²) in [6.07, 6.45) is 0. The van der Waals surface area contributed by atoms with Crippen LogP contribution in [-0.2, 0) is 0 Å². The second-order valence-corrected chi connectivity index (χ2v) is 5.58. The molecule has 2 aromatic carbocycles. The number of ketones is 1. The molecule has 0 saturated heterocycles. The van der Waals surface area contributed by atoms with Gasteiger partial charge in [0.05, 0.1) is 5.02 Å². The number of fused-ring (bicyclic) bond motifs is 1. The van der Waals surface area contributed by atoms with E-state index in [1.807, 2.05) is 6.92 Å². The number of ether oxygens (including phenoxy) is 2. The van der Waals surface area contributed by atoms with Gasteiger partial charge in [-0.3, -0.25) is 4.79 Å². The molecular weight excluding hydrogens is 311 g/mol. The second-order valence-electron chi connectivity index (χ2n) is 4.77. The highest BCUT2D eigenvalue weighted by Gasteiger charge is 2.20. The standard InChI is InChI=1S/C16H12Cl2O3/c1-9-6-10(2-3-12(9)17)16(19)11-7-14-15(8-13(11)18)21-5-4-20-14/h2-3,6-8H,4-5H2,1H3. The average molecular weight is 323 g/mol. The Labute approximate surface area is 132 Å². The molecule has 21 heavy (non-hydrogen) atoms. The Morgan fingerprint density at radius 3 is 2.33 bits per heavy atom. The zero-order valence-electron chi connectivity index (χ0n) is 11.3. The minimum Gasteiger partial charge on any atom is -0.486 e. The summed E-state index contributed by atoms with van der Waals surface area (Å²) < 4.78 is 10.9. The van der Waals surface area contributed by atoms with Crippen LogP contribution in [0.15, 0.2) is 30.3 Å². The Hall–Kier alpha value is -1.71. The fourth-order valence-corrected chi connectivity index (χ4v) is 2.54. The molecule has 0 amide bonds. The molecular formula is C16H12Cl2O3. The van der Waals surface area contributed by atoms with Crippen LogP contribution < -0.4 is 9.47 Å². The van der Waals surface area contributed by atoms with Gasteiger partial charge in [0.1, 0.15) is 13.2 Å². The molecule has 3 rings (SSSR count). The van der Waals surface area contributed by atoms with Crippen LogP contribution in [0.4, 0.5) is 0 Å². The highest BCUT2D eigenvalue weighted by Crippen LogP contribution is 2.36. The van der Waals surface area contributed by atoms with Gasteiger partial charge in [-0.1, -0.05) is 23.2 Å². The topological polar surface area (TPSA) is 35.5 Å². The highest BCUT2D eigenvalue weighted by atomic mass is 35.5. The summed E-state index contributed by atoms with van der Waals surface area (Å²) in [5.41, 5.74) is 1.77. The van der Waals surface area contributed by atoms with Gasteiger partial charge >= 0.3 is 0 Å². The predicted octanol–water partition coefficient (Wildman–Crippen LogP) is 4.30. The van der Waals surface area contributed by atoms with E-state index in [0.29, 0.717) is 45.9 Å². The van der Waals surface area contributed by atoms with E-state index in [0.717, 1.165) is 5.56 Å². The fraction of sp³-hybridized carbons (Fsp3) is 0.188. The van der Waals surface area contributed by atoms with Gasteiger partial charge in [0.2, 0.25) is 0 Å². The first-order valence-electron chi connectivity index (χ1n) is 6.46. The Bertz CT molecular complexity index is 726. The fourth-order valence-electron chi connectivity index (χ4n) is 2.18. The number of carbonyl (C=O) groups excluding carboxylic acids is 1. The van der Waals surface area contributed by atoms with E-state index in [2.05, 4.69) is 0 Å². The molecule has 0 bridgehead atoms. The van der Waals surface area contributed by atoms with Crippen LogP contribution in [0.2, 0.25) is 10.0 Å². The van der Waals surface area contributed by atoms with Crippen LogP contribution in [0, 0.1) is 6.92 Å². The summed E-state index contributed by atoms with van der Waals surface area (Å²) in [5.74, 6) is 0.937. The van der Waals surface area contributed by atoms with Gasteiger partial charge in [-0.2, -0.15) is 0 Å². The summed E-state index contributed by atoms with van der Waals surface area (Å²) in [6.45, 7) is 2.79. The van der Waals surface area contributed by atoms with E-state index in [9.17, 15) is 4.79 Å². The second kappa shape index (κ2) is 5.58. The summed E-state index contributed by atoms with van der Waals surface area (Å²) in [7, 11) is 0. The van der Waals surface area contributed by atoms with Crippen molar-refractivity contribution in [3.63, 3.8) is 0 Å². The van der Waals surface area contributed by atoms with Crippen LogP contribution in [0.3, 0.4) is 0 Å². The van der Waals surface area contributed by atoms with Gasteiger partial charge in [-0.05, 0) is 36.8 Å². The van der Waals surface area contributed by atoms with Crippen LogP contribution in [0.25, 0.3) is 0 Å². The third-order valence-corrected chi connectivity index (χ3v) is 4.03. The maximum Gasteiger partial charge on any atom is 0.194 e. The molecule has 2 aromatic rings. The first kappa shape index (κ1) is 14.2. The molecule has 5 heteroatoms. The molecule has 0 spiro atoms. The van der Waals surface area contributed by atoms with E-state index in [-0.39, 0.29) is 5.78 Å². The molecule has 1 aliphatic rings. The van der Waals surface area contributed by atoms with Crippen LogP contribution >= 0.6 is 23.2 Å². The Morgan fingerprint density at radius 2 is 1.67 bits per heavy atom. The third kappa shape index (κ3) is 2.71. The van der Waals surface area contributed by atoms with Crippen LogP contribution in [0.5, 0.6) is 11.5 Å². The van der Waals surface area contributed by atoms with Gasteiger partial charge in [-0.15, -0.1) is 0 Å². The summed E-state index contributed by atoms with van der Waals surface area (Å²) >= 11 is 12.2. The first-order valence-corrected chi connectivity index (χ1v) is 7.22. The molecule has 0 N–H and O–H groups in total. The van der Waals surface area contributed by atoms with E-state index >= 15 is 0 Å². The van der Waals surface area contributed by atoms with E-state index < -0.39 is 0 Å². The number of hydrogen-bond donors (Lipinski definition) is 0. The van der Waals surface area contributed by atoms with E-state index in [1.54, 1.807) is 30.3 Å². The highest BCUT2D eigenvalue weighted by molar-refractivity contribution is 6.35. The van der Waals surface area contributed by atoms with Crippen LogP contribution in [0.1, 0.15) is 21.5 Å². The SMILES string of the molecule is Cc1cc(C(=O)c2cc3c(cc2Cl)OCCO3)ccc1Cl. The maximum atomic E-state index is 12.6. The molecule has 0 unspecified atom stereocenters. The first-order chi connectivity index (χ1) is 10.1. The summed E-state index contributed by atoms with van der Waals surface area (Å²) in [5, 5.41) is 0.969. The van der Waals surface area contributed by atoms with Crippen LogP contribution in [-0.4, -0.2) is 19.0 Å². The monoisotopic (exact) mass is 322 g/mol. The van der Waals surface area contributed by atoms with E-state index in [4.69, 9.17) is 32.7 Å². The molecule has 0 fully saturated rings. The van der Waals surface area contributed by atoms with E-state index in [1.165, 1.54) is 0 Å². The average Bonchev–Trinajstić information content (AvgIpc) is 2.48. The van der Waals surface area contributed by atoms with Crippen molar-refractivity contribution in [2.45, 2.75) is 6.92 Å². The minimum atomic E-state index is -0.170. The summed E-state index contributed by atoms with van der Waals surface area (Å²) in [4.78, 5) is 12.6. The molecule has 108 valence electrons. The zero-order chi connectivity index (χ0) is 15.0. The Kier molecular flexibility index (Phi) is 3.79. The van der Waals surface area contributed by atoms with Gasteiger partial charge in [0.25, 0.3) is 0 Å². The van der Waals surface area contributed by atoms with Crippen molar-refractivity contribution in [3.05, 3.63) is 57.1 Å². The van der Waals surface area contributed by atoms with Crippen molar-refractivity contribution in [1.82, 2.24) is 0 Å². The molecule has 1 heterocycles. The predicted molar refractivity (Wildman–Crippen MR) is 82.1 cm³/mol. The number of hydrogen-bond acceptors (Lipinski definition) is 3. The lowest BCUT2D eigenvalue weighted by Crippen LogP contribution is -2.16. The van der Waals surface area contributed by atoms with Crippen molar-refractivity contribution in [2.75, 3.05) is 13.2 Å². The normalized spacial score (nSPS) is 13.1. The molecule has 1 aliphatic heterocycles. The molecule has 0 aromatic heterocycles. The molecule has 0 radical (unpaired) electrons. The smallest absolute Gasteiger partial charge is 0.194 e. The lowest BCUT2D eigenvalue weighted by Gasteiger charge is -2.19. The summed E-state index contributed by atoms with van der Waals surface area (Å²) in [6, 6.07) is 8.38. The minimum absolute atomic E-state index is 0.170. The Morgan fingerprint density at radius 1 is 1.00 bits per heavy atom. The number of carbonyl (C=O) groups is 1. The molecule has 0 aliphatic carbocycles. The third-order valence-electron chi connectivity index (χ3n) is 3.30. The van der Waals surface area contributed by atoms with Gasteiger partial charge < -0.3 is 9.47 Å². The van der Waals surface area contributed by atoms with Crippen molar-refractivity contribution in [1.29, 1.82) is 0 Å². The number of rotatable bonds is 2. The quantitative estimate of drug-likeness (QED) is 0.773.